The molecule has 1 aromatic heterocycles. The van der Waals surface area contributed by atoms with Crippen LogP contribution in [0.5, 0.6) is 5.75 Å². The smallest absolute Gasteiger partial charge is 0.261 e. The monoisotopic (exact) mass is 302 g/mol. The molecule has 0 saturated heterocycles. The van der Waals surface area contributed by atoms with Crippen molar-refractivity contribution in [3.63, 3.8) is 0 Å². The second-order valence-electron chi connectivity index (χ2n) is 5.22. The van der Waals surface area contributed by atoms with E-state index in [9.17, 15) is 9.90 Å². The number of aromatic hydroxyl groups is 1. The fourth-order valence-corrected chi connectivity index (χ4v) is 2.79. The normalized spacial score (nSPS) is 20.8. The molecule has 22 heavy (non-hydrogen) atoms. The quantitative estimate of drug-likeness (QED) is 0.388. The molecule has 116 valence electrons. The van der Waals surface area contributed by atoms with E-state index in [4.69, 9.17) is 5.84 Å². The first-order chi connectivity index (χ1) is 10.5. The average Bonchev–Trinajstić information content (AvgIpc) is 2.90. The van der Waals surface area contributed by atoms with Gasteiger partial charge in [0.05, 0.1) is 5.52 Å². The summed E-state index contributed by atoms with van der Waals surface area (Å²) in [5, 5.41) is 11.2. The topological polar surface area (TPSA) is 117 Å². The van der Waals surface area contributed by atoms with Crippen LogP contribution in [0.4, 0.5) is 0 Å². The van der Waals surface area contributed by atoms with Crippen molar-refractivity contribution >= 4 is 16.9 Å². The van der Waals surface area contributed by atoms with Crippen molar-refractivity contribution in [2.45, 2.75) is 26.1 Å². The number of aliphatic imine (C=N–C) groups is 1. The number of aryl methyl sites for hydroxylation is 1. The van der Waals surface area contributed by atoms with E-state index in [1.54, 1.807) is 17.6 Å². The lowest BCUT2D eigenvalue weighted by Gasteiger charge is -2.23. The Kier molecular flexibility index (Phi) is 3.27. The molecule has 6 N–H and O–H groups in total. The molecule has 2 aromatic rings. The van der Waals surface area contributed by atoms with Gasteiger partial charge in [-0.1, -0.05) is 12.1 Å². The molecule has 0 fully saturated rings. The number of rotatable bonds is 2. The van der Waals surface area contributed by atoms with E-state index in [0.29, 0.717) is 17.4 Å². The Morgan fingerprint density at radius 2 is 2.18 bits per heavy atom. The van der Waals surface area contributed by atoms with Crippen LogP contribution < -0.4 is 27.7 Å². The molecule has 0 bridgehead atoms. The van der Waals surface area contributed by atoms with E-state index in [1.807, 2.05) is 25.1 Å². The Bertz CT molecular complexity index is 828. The van der Waals surface area contributed by atoms with Crippen molar-refractivity contribution in [3.05, 3.63) is 40.2 Å². The summed E-state index contributed by atoms with van der Waals surface area (Å²) in [7, 11) is 0. The molecule has 8 nitrogen and oxygen atoms in total. The second-order valence-corrected chi connectivity index (χ2v) is 5.22. The number of guanidine groups is 1. The van der Waals surface area contributed by atoms with Gasteiger partial charge in [-0.2, -0.15) is 0 Å². The maximum absolute atomic E-state index is 12.8. The van der Waals surface area contributed by atoms with Gasteiger partial charge in [0.25, 0.3) is 5.56 Å². The number of nitrogens with one attached hydrogen (secondary N) is 3. The van der Waals surface area contributed by atoms with Gasteiger partial charge in [0.1, 0.15) is 11.3 Å². The lowest BCUT2D eigenvalue weighted by molar-refractivity contribution is 0.367. The van der Waals surface area contributed by atoms with Crippen LogP contribution in [0.15, 0.2) is 34.1 Å². The Labute approximate surface area is 126 Å². The summed E-state index contributed by atoms with van der Waals surface area (Å²) in [6, 6.07) is 7.23. The molecule has 1 aromatic carbocycles. The minimum absolute atomic E-state index is 0.0795. The van der Waals surface area contributed by atoms with Crippen molar-refractivity contribution in [3.8, 4) is 5.75 Å². The summed E-state index contributed by atoms with van der Waals surface area (Å²) < 4.78 is 1.61. The maximum Gasteiger partial charge on any atom is 0.261 e. The molecule has 0 spiro atoms. The van der Waals surface area contributed by atoms with E-state index in [-0.39, 0.29) is 22.8 Å². The molecule has 0 saturated carbocycles. The first-order valence-corrected chi connectivity index (χ1v) is 6.96. The molecule has 0 unspecified atom stereocenters. The minimum Gasteiger partial charge on any atom is -0.507 e. The first kappa shape index (κ1) is 14.4. The molecule has 1 aliphatic rings. The highest BCUT2D eigenvalue weighted by molar-refractivity contribution is 5.87. The number of fused-ring (bicyclic) bond motifs is 1. The molecule has 3 rings (SSSR count). The van der Waals surface area contributed by atoms with Crippen LogP contribution in [0.1, 0.15) is 19.4 Å². The molecule has 1 atom stereocenters. The van der Waals surface area contributed by atoms with Gasteiger partial charge in [0.2, 0.25) is 5.96 Å². The van der Waals surface area contributed by atoms with Crippen molar-refractivity contribution in [1.29, 1.82) is 0 Å². The Balaban J connectivity index is 2.36. The average molecular weight is 302 g/mol. The zero-order valence-corrected chi connectivity index (χ0v) is 12.3. The predicted octanol–water partition coefficient (Wildman–Crippen LogP) is -0.173. The van der Waals surface area contributed by atoms with E-state index in [1.165, 1.54) is 0 Å². The van der Waals surface area contributed by atoms with Gasteiger partial charge in [-0.3, -0.25) is 15.6 Å². The third kappa shape index (κ3) is 1.92. The van der Waals surface area contributed by atoms with Gasteiger partial charge in [0, 0.05) is 11.9 Å². The Hall–Kier alpha value is -2.58. The largest absolute Gasteiger partial charge is 0.507 e. The highest BCUT2D eigenvalue weighted by Gasteiger charge is 2.38. The molecule has 2 heterocycles. The number of pyridine rings is 1. The summed E-state index contributed by atoms with van der Waals surface area (Å²) >= 11 is 0. The number of nitrogens with zero attached hydrogens (tertiary/aromatic N) is 2. The highest BCUT2D eigenvalue weighted by Crippen LogP contribution is 2.34. The fraction of sp³-hybridized carbons (Fsp3) is 0.286. The number of aromatic nitrogens is 1. The van der Waals surface area contributed by atoms with E-state index in [0.717, 1.165) is 0 Å². The maximum atomic E-state index is 12.8. The number of benzene rings is 1. The minimum atomic E-state index is -1.12. The summed E-state index contributed by atoms with van der Waals surface area (Å²) in [5.74, 6) is 5.54. The van der Waals surface area contributed by atoms with E-state index >= 15 is 0 Å². The third-order valence-electron chi connectivity index (χ3n) is 3.85. The number of hydrogen-bond donors (Lipinski definition) is 5. The highest BCUT2D eigenvalue weighted by atomic mass is 16.3. The predicted molar refractivity (Wildman–Crippen MR) is 83.9 cm³/mol. The first-order valence-electron chi connectivity index (χ1n) is 6.96. The van der Waals surface area contributed by atoms with Crippen LogP contribution in [0.3, 0.4) is 0 Å². The zero-order valence-electron chi connectivity index (χ0n) is 12.3. The third-order valence-corrected chi connectivity index (χ3v) is 3.85. The summed E-state index contributed by atoms with van der Waals surface area (Å²) in [6.07, 6.45) is 0. The number of hydrogen-bond acceptors (Lipinski definition) is 7. The Morgan fingerprint density at radius 3 is 2.82 bits per heavy atom. The van der Waals surface area contributed by atoms with Crippen molar-refractivity contribution < 1.29 is 5.11 Å². The van der Waals surface area contributed by atoms with Gasteiger partial charge in [0.15, 0.2) is 5.66 Å². The van der Waals surface area contributed by atoms with Crippen LogP contribution >= 0.6 is 0 Å². The van der Waals surface area contributed by atoms with Gasteiger partial charge < -0.3 is 9.67 Å². The standard InChI is InChI=1S/C14H18N6O2/c1-3-20-9-7-5-4-6-8(9)11(21)10(12(20)22)14(2)16-13(17-15)18-19-14/h4-7,19,21H,3,15H2,1-2H3,(H2,16,17,18)/t14-/m0/s1. The van der Waals surface area contributed by atoms with Gasteiger partial charge >= 0.3 is 0 Å². The lowest BCUT2D eigenvalue weighted by atomic mass is 10.00. The van der Waals surface area contributed by atoms with Crippen LogP contribution in [0.25, 0.3) is 10.9 Å². The Morgan fingerprint density at radius 1 is 1.45 bits per heavy atom. The van der Waals surface area contributed by atoms with Gasteiger partial charge in [-0.05, 0) is 26.0 Å². The summed E-state index contributed by atoms with van der Waals surface area (Å²) in [5.41, 5.74) is 7.44. The van der Waals surface area contributed by atoms with Crippen LogP contribution in [0.2, 0.25) is 0 Å². The lowest BCUT2D eigenvalue weighted by Crippen LogP contribution is -2.48. The van der Waals surface area contributed by atoms with Crippen molar-refractivity contribution in [2.75, 3.05) is 0 Å². The van der Waals surface area contributed by atoms with Gasteiger partial charge in [-0.15, -0.1) is 0 Å². The molecular weight excluding hydrogens is 284 g/mol. The van der Waals surface area contributed by atoms with Crippen molar-refractivity contribution in [2.24, 2.45) is 10.8 Å². The summed E-state index contributed by atoms with van der Waals surface area (Å²) in [4.78, 5) is 17.1. The van der Waals surface area contributed by atoms with Crippen molar-refractivity contribution in [1.82, 2.24) is 20.8 Å². The fourth-order valence-electron chi connectivity index (χ4n) is 2.79. The number of para-hydroxylation sites is 1. The molecule has 0 aliphatic carbocycles. The molecule has 8 heteroatoms. The van der Waals surface area contributed by atoms with Crippen LogP contribution in [0, 0.1) is 0 Å². The second kappa shape index (κ2) is 5.00. The zero-order chi connectivity index (χ0) is 15.9. The molecular formula is C14H18N6O2. The van der Waals surface area contributed by atoms with Gasteiger partial charge in [-0.25, -0.2) is 16.3 Å². The SMILES string of the molecule is CCn1c(=O)c([C@@]2(C)N=C(NN)NN2)c(O)c2ccccc21. The van der Waals surface area contributed by atoms with E-state index in [2.05, 4.69) is 21.3 Å². The van der Waals surface area contributed by atoms with Crippen LogP contribution in [-0.2, 0) is 12.2 Å². The molecule has 0 radical (unpaired) electrons. The van der Waals surface area contributed by atoms with E-state index < -0.39 is 5.66 Å². The number of nitrogens with two attached hydrogens (primary N) is 1. The summed E-state index contributed by atoms with van der Waals surface area (Å²) in [6.45, 7) is 4.06. The number of hydrazine groups is 2. The van der Waals surface area contributed by atoms with Crippen LogP contribution in [-0.4, -0.2) is 15.6 Å². The molecule has 1 aliphatic heterocycles. The molecule has 0 amide bonds.